The number of terminal acetylenes is 1. The molecule has 2 N–H and O–H groups in total. The zero-order chi connectivity index (χ0) is 25.2. The molecule has 1 aromatic carbocycles. The molecule has 0 fully saturated rings. The molecular formula is C25H37N3O4S. The lowest BCUT2D eigenvalue weighted by Crippen LogP contribution is -2.55. The number of carbonyl (C=O) groups is 3. The van der Waals surface area contributed by atoms with Gasteiger partial charge in [0.2, 0.25) is 11.8 Å². The van der Waals surface area contributed by atoms with Crippen molar-refractivity contribution in [1.29, 1.82) is 0 Å². The zero-order valence-corrected chi connectivity index (χ0v) is 21.4. The van der Waals surface area contributed by atoms with Gasteiger partial charge in [-0.3, -0.25) is 9.59 Å². The third-order valence-electron chi connectivity index (χ3n) is 4.75. The molecule has 2 atom stereocenters. The Morgan fingerprint density at radius 3 is 2.36 bits per heavy atom. The van der Waals surface area contributed by atoms with E-state index in [9.17, 15) is 14.4 Å². The molecule has 3 amide bonds. The summed E-state index contributed by atoms with van der Waals surface area (Å²) in [5, 5.41) is 5.50. The second-order valence-corrected chi connectivity index (χ2v) is 9.36. The van der Waals surface area contributed by atoms with Crippen molar-refractivity contribution in [1.82, 2.24) is 15.5 Å². The summed E-state index contributed by atoms with van der Waals surface area (Å²) in [6, 6.07) is 4.72. The maximum atomic E-state index is 13.6. The summed E-state index contributed by atoms with van der Waals surface area (Å²) < 4.78 is 5.29. The van der Waals surface area contributed by atoms with Crippen LogP contribution < -0.4 is 10.6 Å². The van der Waals surface area contributed by atoms with Crippen LogP contribution in [0.4, 0.5) is 4.79 Å². The first kappa shape index (κ1) is 28.4. The van der Waals surface area contributed by atoms with E-state index in [4.69, 9.17) is 11.2 Å². The molecule has 0 bridgehead atoms. The molecule has 33 heavy (non-hydrogen) atoms. The zero-order valence-electron chi connectivity index (χ0n) is 20.5. The van der Waals surface area contributed by atoms with Crippen LogP contribution in [0.3, 0.4) is 0 Å². The maximum Gasteiger partial charge on any atom is 0.408 e. The van der Waals surface area contributed by atoms with E-state index in [1.54, 1.807) is 45.0 Å². The van der Waals surface area contributed by atoms with E-state index in [1.807, 2.05) is 20.8 Å². The highest BCUT2D eigenvalue weighted by Crippen LogP contribution is 2.27. The van der Waals surface area contributed by atoms with Crippen molar-refractivity contribution < 1.29 is 19.1 Å². The fraction of sp³-hybridized carbons (Fsp3) is 0.560. The maximum absolute atomic E-state index is 13.6. The van der Waals surface area contributed by atoms with Gasteiger partial charge in [0, 0.05) is 23.9 Å². The molecule has 0 spiro atoms. The predicted octanol–water partition coefficient (Wildman–Crippen LogP) is 3.69. The minimum atomic E-state index is -0.991. The van der Waals surface area contributed by atoms with Crippen molar-refractivity contribution in [2.75, 3.05) is 12.3 Å². The molecule has 0 saturated carbocycles. The van der Waals surface area contributed by atoms with Crippen molar-refractivity contribution in [3.8, 4) is 12.3 Å². The average Bonchev–Trinajstić information content (AvgIpc) is 2.73. The summed E-state index contributed by atoms with van der Waals surface area (Å²) >= 11 is 4.27. The molecule has 0 aliphatic heterocycles. The number of alkyl carbamates (subject to hydrolysis) is 1. The number of hydrogen-bond acceptors (Lipinski definition) is 5. The predicted molar refractivity (Wildman–Crippen MR) is 134 cm³/mol. The first-order valence-corrected chi connectivity index (χ1v) is 11.9. The molecule has 0 aromatic heterocycles. The first-order valence-electron chi connectivity index (χ1n) is 11.2. The fourth-order valence-electron chi connectivity index (χ4n) is 3.26. The molecule has 0 saturated heterocycles. The molecule has 1 aromatic rings. The molecule has 0 aliphatic rings. The molecule has 0 radical (unpaired) electrons. The Morgan fingerprint density at radius 1 is 1.21 bits per heavy atom. The van der Waals surface area contributed by atoms with Gasteiger partial charge in [0.05, 0.1) is 0 Å². The number of nitrogens with one attached hydrogen (secondary N) is 2. The molecule has 8 heteroatoms. The number of carbonyl (C=O) groups excluding carboxylic acids is 3. The van der Waals surface area contributed by atoms with Crippen LogP contribution in [0.15, 0.2) is 24.3 Å². The Labute approximate surface area is 203 Å². The number of rotatable bonds is 10. The van der Waals surface area contributed by atoms with Gasteiger partial charge in [0.25, 0.3) is 0 Å². The minimum absolute atomic E-state index is 0.0300. The third-order valence-corrected chi connectivity index (χ3v) is 5.11. The molecule has 182 valence electrons. The van der Waals surface area contributed by atoms with Crippen molar-refractivity contribution in [2.24, 2.45) is 0 Å². The van der Waals surface area contributed by atoms with Gasteiger partial charge in [0.15, 0.2) is 0 Å². The smallest absolute Gasteiger partial charge is 0.408 e. The van der Waals surface area contributed by atoms with Crippen LogP contribution in [0.2, 0.25) is 0 Å². The van der Waals surface area contributed by atoms with Gasteiger partial charge < -0.3 is 20.3 Å². The Balaban J connectivity index is 3.39. The lowest BCUT2D eigenvalue weighted by atomic mass is 9.96. The van der Waals surface area contributed by atoms with E-state index in [2.05, 4.69) is 29.2 Å². The Kier molecular flexibility index (Phi) is 11.3. The lowest BCUT2D eigenvalue weighted by molar-refractivity contribution is -0.144. The standard InChI is InChI=1S/C25H37N3O4S/c1-8-10-15-26-22(29)21(19-14-12-11-13-18(19)9-2)28(17(3)4)23(30)20(16-33)27-24(31)32-25(5,6)7/h2,11-14,17,20-21,33H,8,10,15-16H2,1,3-7H3,(H,26,29)(H,27,31). The number of amides is 3. The van der Waals surface area contributed by atoms with Crippen molar-refractivity contribution in [3.05, 3.63) is 35.4 Å². The Hall–Kier alpha value is -2.66. The third kappa shape index (κ3) is 8.65. The molecular weight excluding hydrogens is 438 g/mol. The van der Waals surface area contributed by atoms with Crippen LogP contribution in [0.5, 0.6) is 0 Å². The number of unbranched alkanes of at least 4 members (excludes halogenated alkanes) is 1. The quantitative estimate of drug-likeness (QED) is 0.274. The van der Waals surface area contributed by atoms with E-state index >= 15 is 0 Å². The van der Waals surface area contributed by atoms with E-state index < -0.39 is 29.7 Å². The number of thiol groups is 1. The largest absolute Gasteiger partial charge is 0.444 e. The van der Waals surface area contributed by atoms with Gasteiger partial charge >= 0.3 is 6.09 Å². The van der Waals surface area contributed by atoms with Crippen molar-refractivity contribution >= 4 is 30.5 Å². The van der Waals surface area contributed by atoms with Gasteiger partial charge in [-0.15, -0.1) is 6.42 Å². The molecule has 2 unspecified atom stereocenters. The van der Waals surface area contributed by atoms with Crippen LogP contribution in [0.1, 0.15) is 71.6 Å². The summed E-state index contributed by atoms with van der Waals surface area (Å²) in [7, 11) is 0. The van der Waals surface area contributed by atoms with Gasteiger partial charge in [-0.05, 0) is 52.7 Å². The van der Waals surface area contributed by atoms with Crippen LogP contribution in [0, 0.1) is 12.3 Å². The van der Waals surface area contributed by atoms with Crippen LogP contribution in [-0.4, -0.2) is 52.8 Å². The summed E-state index contributed by atoms with van der Waals surface area (Å²) in [6.45, 7) is 11.3. The summed E-state index contributed by atoms with van der Waals surface area (Å²) in [4.78, 5) is 40.8. The van der Waals surface area contributed by atoms with Crippen LogP contribution in [-0.2, 0) is 14.3 Å². The van der Waals surface area contributed by atoms with Gasteiger partial charge in [0.1, 0.15) is 17.7 Å². The van der Waals surface area contributed by atoms with Crippen molar-refractivity contribution in [3.63, 3.8) is 0 Å². The SMILES string of the molecule is C#Cc1ccccc1C(C(=O)NCCCC)N(C(=O)C(CS)NC(=O)OC(C)(C)C)C(C)C. The second-order valence-electron chi connectivity index (χ2n) is 9.00. The first-order chi connectivity index (χ1) is 15.5. The normalized spacial score (nSPS) is 12.9. The van der Waals surface area contributed by atoms with E-state index in [0.29, 0.717) is 17.7 Å². The molecule has 0 heterocycles. The lowest BCUT2D eigenvalue weighted by Gasteiger charge is -2.37. The number of benzene rings is 1. The summed E-state index contributed by atoms with van der Waals surface area (Å²) in [5.41, 5.74) is 0.347. The van der Waals surface area contributed by atoms with Crippen LogP contribution in [0.25, 0.3) is 0 Å². The van der Waals surface area contributed by atoms with Gasteiger partial charge in [-0.25, -0.2) is 4.79 Å². The van der Waals surface area contributed by atoms with Crippen molar-refractivity contribution in [2.45, 2.75) is 78.1 Å². The number of nitrogens with zero attached hydrogens (tertiary/aromatic N) is 1. The number of ether oxygens (including phenoxy) is 1. The molecule has 7 nitrogen and oxygen atoms in total. The monoisotopic (exact) mass is 475 g/mol. The summed E-state index contributed by atoms with van der Waals surface area (Å²) in [5.74, 6) is 1.86. The highest BCUT2D eigenvalue weighted by Gasteiger charge is 2.38. The average molecular weight is 476 g/mol. The number of hydrogen-bond donors (Lipinski definition) is 3. The fourth-order valence-corrected chi connectivity index (χ4v) is 3.51. The van der Waals surface area contributed by atoms with E-state index in [-0.39, 0.29) is 17.7 Å². The Bertz CT molecular complexity index is 858. The van der Waals surface area contributed by atoms with Crippen LogP contribution >= 0.6 is 12.6 Å². The van der Waals surface area contributed by atoms with E-state index in [0.717, 1.165) is 12.8 Å². The summed E-state index contributed by atoms with van der Waals surface area (Å²) in [6.07, 6.45) is 6.70. The molecule has 0 aliphatic carbocycles. The Morgan fingerprint density at radius 2 is 1.85 bits per heavy atom. The molecule has 1 rings (SSSR count). The topological polar surface area (TPSA) is 87.7 Å². The van der Waals surface area contributed by atoms with Gasteiger partial charge in [-0.2, -0.15) is 12.6 Å². The highest BCUT2D eigenvalue weighted by molar-refractivity contribution is 7.80. The van der Waals surface area contributed by atoms with E-state index in [1.165, 1.54) is 4.90 Å². The van der Waals surface area contributed by atoms with Gasteiger partial charge in [-0.1, -0.05) is 37.5 Å². The highest BCUT2D eigenvalue weighted by atomic mass is 32.1. The minimum Gasteiger partial charge on any atom is -0.444 e. The second kappa shape index (κ2) is 13.1.